The average molecular weight is 292 g/mol. The van der Waals surface area contributed by atoms with Crippen LogP contribution in [0.2, 0.25) is 0 Å². The molecule has 0 spiro atoms. The molecule has 0 atom stereocenters. The minimum Gasteiger partial charge on any atom is -0.507 e. The van der Waals surface area contributed by atoms with Gasteiger partial charge in [-0.25, -0.2) is 0 Å². The van der Waals surface area contributed by atoms with Gasteiger partial charge in [0.2, 0.25) is 0 Å². The lowest BCUT2D eigenvalue weighted by atomic mass is 10.0. The van der Waals surface area contributed by atoms with Crippen LogP contribution in [-0.4, -0.2) is 20.3 Å². The molecule has 2 heterocycles. The lowest BCUT2D eigenvalue weighted by Crippen LogP contribution is -2.03. The second kappa shape index (κ2) is 6.22. The van der Waals surface area contributed by atoms with Crippen LogP contribution in [0.5, 0.6) is 5.75 Å². The highest BCUT2D eigenvalue weighted by Gasteiger charge is 2.09. The third kappa shape index (κ3) is 3.03. The molecule has 3 aromatic rings. The molecule has 0 radical (unpaired) electrons. The Balaban J connectivity index is 1.86. The number of pyridine rings is 1. The van der Waals surface area contributed by atoms with E-state index in [0.29, 0.717) is 17.1 Å². The van der Waals surface area contributed by atoms with Crippen LogP contribution in [0.3, 0.4) is 0 Å². The lowest BCUT2D eigenvalue weighted by Gasteiger charge is -2.08. The van der Waals surface area contributed by atoms with Crippen LogP contribution in [0, 0.1) is 0 Å². The molecule has 0 saturated heterocycles. The second-order valence-electron chi connectivity index (χ2n) is 5.01. The minimum absolute atomic E-state index is 0.182. The van der Waals surface area contributed by atoms with Gasteiger partial charge < -0.3 is 10.8 Å². The quantitative estimate of drug-likeness (QED) is 0.772. The monoisotopic (exact) mass is 292 g/mol. The zero-order valence-electron chi connectivity index (χ0n) is 12.0. The van der Waals surface area contributed by atoms with Crippen molar-refractivity contribution >= 4 is 5.82 Å². The molecule has 1 aromatic carbocycles. The number of nitrogen functional groups attached to an aromatic ring is 1. The number of phenolic OH excluding ortho intramolecular Hbond substituents is 1. The fourth-order valence-corrected chi connectivity index (χ4v) is 2.29. The summed E-state index contributed by atoms with van der Waals surface area (Å²) < 4.78 is 0. The van der Waals surface area contributed by atoms with Crippen molar-refractivity contribution in [1.82, 2.24) is 15.2 Å². The molecule has 0 saturated carbocycles. The summed E-state index contributed by atoms with van der Waals surface area (Å²) >= 11 is 0. The molecule has 22 heavy (non-hydrogen) atoms. The van der Waals surface area contributed by atoms with Crippen molar-refractivity contribution in [2.45, 2.75) is 12.8 Å². The van der Waals surface area contributed by atoms with Crippen molar-refractivity contribution in [2.24, 2.45) is 0 Å². The van der Waals surface area contributed by atoms with E-state index in [2.05, 4.69) is 15.2 Å². The fourth-order valence-electron chi connectivity index (χ4n) is 2.29. The number of rotatable bonds is 4. The standard InChI is InChI=1S/C17H16N4O/c18-17-13(6-5-12-7-9-19-10-8-12)11-15(20-21-17)14-3-1-2-4-16(14)22/h1-4,7-11,22H,5-6H2,(H2,18,21). The van der Waals surface area contributed by atoms with Gasteiger partial charge in [0.1, 0.15) is 11.6 Å². The van der Waals surface area contributed by atoms with Crippen LogP contribution in [0.1, 0.15) is 11.1 Å². The molecule has 0 fully saturated rings. The first kappa shape index (κ1) is 14.0. The molecule has 2 aromatic heterocycles. The number of aromatic hydroxyl groups is 1. The smallest absolute Gasteiger partial charge is 0.149 e. The molecule has 0 aliphatic carbocycles. The zero-order valence-corrected chi connectivity index (χ0v) is 12.0. The highest BCUT2D eigenvalue weighted by Crippen LogP contribution is 2.28. The van der Waals surface area contributed by atoms with Gasteiger partial charge in [-0.1, -0.05) is 12.1 Å². The van der Waals surface area contributed by atoms with E-state index in [1.807, 2.05) is 30.3 Å². The SMILES string of the molecule is Nc1nnc(-c2ccccc2O)cc1CCc1ccncc1. The van der Waals surface area contributed by atoms with E-state index in [1.54, 1.807) is 24.5 Å². The van der Waals surface area contributed by atoms with Crippen molar-refractivity contribution in [3.8, 4) is 17.0 Å². The number of aryl methyl sites for hydroxylation is 2. The number of para-hydroxylation sites is 1. The number of hydrogen-bond donors (Lipinski definition) is 2. The number of anilines is 1. The Morgan fingerprint density at radius 3 is 2.50 bits per heavy atom. The molecule has 5 heteroatoms. The first-order valence-corrected chi connectivity index (χ1v) is 7.03. The first-order chi connectivity index (χ1) is 10.7. The maximum atomic E-state index is 9.93. The van der Waals surface area contributed by atoms with Gasteiger partial charge in [-0.3, -0.25) is 4.98 Å². The van der Waals surface area contributed by atoms with Crippen LogP contribution >= 0.6 is 0 Å². The summed E-state index contributed by atoms with van der Waals surface area (Å²) in [7, 11) is 0. The van der Waals surface area contributed by atoms with Crippen LogP contribution in [0.25, 0.3) is 11.3 Å². The maximum Gasteiger partial charge on any atom is 0.149 e. The van der Waals surface area contributed by atoms with Crippen LogP contribution in [0.15, 0.2) is 54.9 Å². The van der Waals surface area contributed by atoms with Crippen molar-refractivity contribution in [1.29, 1.82) is 0 Å². The summed E-state index contributed by atoms with van der Waals surface area (Å²) in [6.07, 6.45) is 5.15. The van der Waals surface area contributed by atoms with Gasteiger partial charge in [0, 0.05) is 18.0 Å². The normalized spacial score (nSPS) is 10.5. The van der Waals surface area contributed by atoms with E-state index in [0.717, 1.165) is 18.4 Å². The molecule has 0 bridgehead atoms. The third-order valence-electron chi connectivity index (χ3n) is 3.52. The Kier molecular flexibility index (Phi) is 3.96. The van der Waals surface area contributed by atoms with Crippen molar-refractivity contribution in [3.05, 3.63) is 66.0 Å². The Bertz CT molecular complexity index is 775. The molecular weight excluding hydrogens is 276 g/mol. The Hall–Kier alpha value is -2.95. The minimum atomic E-state index is 0.182. The predicted molar refractivity (Wildman–Crippen MR) is 85.2 cm³/mol. The highest BCUT2D eigenvalue weighted by atomic mass is 16.3. The van der Waals surface area contributed by atoms with Gasteiger partial charge in [-0.2, -0.15) is 0 Å². The largest absolute Gasteiger partial charge is 0.507 e. The van der Waals surface area contributed by atoms with E-state index in [1.165, 1.54) is 5.56 Å². The lowest BCUT2D eigenvalue weighted by molar-refractivity contribution is 0.477. The van der Waals surface area contributed by atoms with Gasteiger partial charge in [0.05, 0.1) is 5.69 Å². The summed E-state index contributed by atoms with van der Waals surface area (Å²) in [5, 5.41) is 18.0. The van der Waals surface area contributed by atoms with Crippen molar-refractivity contribution in [3.63, 3.8) is 0 Å². The summed E-state index contributed by atoms with van der Waals surface area (Å²) in [6, 6.07) is 12.9. The van der Waals surface area contributed by atoms with Gasteiger partial charge in [0.25, 0.3) is 0 Å². The molecule has 0 aliphatic rings. The number of nitrogens with zero attached hydrogens (tertiary/aromatic N) is 3. The number of aromatic nitrogens is 3. The molecular formula is C17H16N4O. The van der Waals surface area contributed by atoms with E-state index < -0.39 is 0 Å². The van der Waals surface area contributed by atoms with Crippen molar-refractivity contribution < 1.29 is 5.11 Å². The molecule has 0 aliphatic heterocycles. The number of benzene rings is 1. The Morgan fingerprint density at radius 2 is 1.73 bits per heavy atom. The Labute approximate surface area is 128 Å². The summed E-state index contributed by atoms with van der Waals surface area (Å²) in [4.78, 5) is 4.01. The summed E-state index contributed by atoms with van der Waals surface area (Å²) in [6.45, 7) is 0. The molecule has 0 amide bonds. The Morgan fingerprint density at radius 1 is 0.955 bits per heavy atom. The topological polar surface area (TPSA) is 84.9 Å². The zero-order chi connectivity index (χ0) is 15.4. The first-order valence-electron chi connectivity index (χ1n) is 7.03. The fraction of sp³-hybridized carbons (Fsp3) is 0.118. The number of phenols is 1. The maximum absolute atomic E-state index is 9.93. The van der Waals surface area contributed by atoms with E-state index in [-0.39, 0.29) is 5.75 Å². The highest BCUT2D eigenvalue weighted by molar-refractivity contribution is 5.67. The predicted octanol–water partition coefficient (Wildman–Crippen LogP) is 2.61. The molecule has 3 rings (SSSR count). The van der Waals surface area contributed by atoms with Gasteiger partial charge in [-0.05, 0) is 54.3 Å². The van der Waals surface area contributed by atoms with Crippen molar-refractivity contribution in [2.75, 3.05) is 5.73 Å². The second-order valence-corrected chi connectivity index (χ2v) is 5.01. The van der Waals surface area contributed by atoms with E-state index >= 15 is 0 Å². The number of nitrogens with two attached hydrogens (primary N) is 1. The average Bonchev–Trinajstić information content (AvgIpc) is 2.56. The van der Waals surface area contributed by atoms with Gasteiger partial charge in [-0.15, -0.1) is 10.2 Å². The van der Waals surface area contributed by atoms with Gasteiger partial charge in [0.15, 0.2) is 0 Å². The molecule has 0 unspecified atom stereocenters. The summed E-state index contributed by atoms with van der Waals surface area (Å²) in [5.74, 6) is 0.606. The third-order valence-corrected chi connectivity index (χ3v) is 3.52. The van der Waals surface area contributed by atoms with Crippen LogP contribution < -0.4 is 5.73 Å². The van der Waals surface area contributed by atoms with Crippen LogP contribution in [-0.2, 0) is 12.8 Å². The van der Waals surface area contributed by atoms with E-state index in [9.17, 15) is 5.11 Å². The van der Waals surface area contributed by atoms with Gasteiger partial charge >= 0.3 is 0 Å². The molecule has 110 valence electrons. The van der Waals surface area contributed by atoms with E-state index in [4.69, 9.17) is 5.73 Å². The molecule has 5 nitrogen and oxygen atoms in total. The summed E-state index contributed by atoms with van der Waals surface area (Å²) in [5.41, 5.74) is 9.31. The number of hydrogen-bond acceptors (Lipinski definition) is 5. The van der Waals surface area contributed by atoms with Crippen LogP contribution in [0.4, 0.5) is 5.82 Å². The molecule has 3 N–H and O–H groups in total.